The first-order valence-electron chi connectivity index (χ1n) is 7.69. The predicted octanol–water partition coefficient (Wildman–Crippen LogP) is 1.77. The van der Waals surface area contributed by atoms with Crippen LogP contribution in [0.4, 0.5) is 0 Å². The van der Waals surface area contributed by atoms with Gasteiger partial charge in [0.2, 0.25) is 5.91 Å². The van der Waals surface area contributed by atoms with Crippen molar-refractivity contribution in [3.8, 4) is 0 Å². The van der Waals surface area contributed by atoms with Gasteiger partial charge < -0.3 is 9.88 Å². The van der Waals surface area contributed by atoms with Crippen LogP contribution < -0.4 is 5.32 Å². The molecule has 2 aromatic rings. The summed E-state index contributed by atoms with van der Waals surface area (Å²) in [5, 5.41) is 15.3. The molecular weight excluding hydrogens is 280 g/mol. The summed E-state index contributed by atoms with van der Waals surface area (Å²) in [6.45, 7) is 9.50. The molecule has 0 aliphatic carbocycles. The van der Waals surface area contributed by atoms with E-state index in [-0.39, 0.29) is 11.9 Å². The van der Waals surface area contributed by atoms with Crippen molar-refractivity contribution >= 4 is 5.91 Å². The zero-order valence-corrected chi connectivity index (χ0v) is 13.7. The van der Waals surface area contributed by atoms with Gasteiger partial charge in [0.05, 0.1) is 11.7 Å². The molecule has 0 saturated carbocycles. The molecule has 22 heavy (non-hydrogen) atoms. The first kappa shape index (κ1) is 16.2. The highest BCUT2D eigenvalue weighted by atomic mass is 16.1. The summed E-state index contributed by atoms with van der Waals surface area (Å²) in [6.07, 6.45) is 2.92. The third-order valence-corrected chi connectivity index (χ3v) is 3.63. The van der Waals surface area contributed by atoms with E-state index in [1.807, 2.05) is 43.0 Å². The summed E-state index contributed by atoms with van der Waals surface area (Å²) < 4.78 is 3.88. The molecule has 120 valence electrons. The van der Waals surface area contributed by atoms with Gasteiger partial charge in [-0.3, -0.25) is 9.48 Å². The number of nitrogens with one attached hydrogen (secondary N) is 1. The second-order valence-corrected chi connectivity index (χ2v) is 5.52. The molecule has 0 spiro atoms. The van der Waals surface area contributed by atoms with Gasteiger partial charge in [-0.15, -0.1) is 10.2 Å². The normalized spacial score (nSPS) is 12.4. The second kappa shape index (κ2) is 7.20. The molecule has 0 aliphatic heterocycles. The monoisotopic (exact) mass is 304 g/mol. The number of nitrogens with zero attached hydrogens (tertiary/aromatic N) is 5. The van der Waals surface area contributed by atoms with Crippen LogP contribution in [0.2, 0.25) is 0 Å². The number of carbonyl (C=O) groups is 1. The number of hydrogen-bond donors (Lipinski definition) is 1. The van der Waals surface area contributed by atoms with E-state index in [0.29, 0.717) is 6.42 Å². The Hall–Kier alpha value is -2.18. The van der Waals surface area contributed by atoms with Gasteiger partial charge in [-0.2, -0.15) is 5.10 Å². The minimum Gasteiger partial charge on any atom is -0.346 e. The second-order valence-electron chi connectivity index (χ2n) is 5.52. The number of aryl methyl sites for hydroxylation is 4. The van der Waals surface area contributed by atoms with Crippen LogP contribution in [0.5, 0.6) is 0 Å². The topological polar surface area (TPSA) is 77.6 Å². The van der Waals surface area contributed by atoms with Crippen LogP contribution in [0.25, 0.3) is 0 Å². The summed E-state index contributed by atoms with van der Waals surface area (Å²) in [5.74, 6) is 0.814. The van der Waals surface area contributed by atoms with Crippen molar-refractivity contribution in [1.82, 2.24) is 29.9 Å². The van der Waals surface area contributed by atoms with Crippen molar-refractivity contribution in [2.45, 2.75) is 59.7 Å². The highest BCUT2D eigenvalue weighted by molar-refractivity contribution is 5.76. The summed E-state index contributed by atoms with van der Waals surface area (Å²) >= 11 is 0. The molecule has 0 fully saturated rings. The van der Waals surface area contributed by atoms with E-state index in [4.69, 9.17) is 0 Å². The molecule has 1 N–H and O–H groups in total. The highest BCUT2D eigenvalue weighted by Crippen LogP contribution is 2.09. The molecule has 7 nitrogen and oxygen atoms in total. The van der Waals surface area contributed by atoms with Crippen molar-refractivity contribution in [3.63, 3.8) is 0 Å². The van der Waals surface area contributed by atoms with E-state index in [0.717, 1.165) is 36.7 Å². The lowest BCUT2D eigenvalue weighted by atomic mass is 10.2. The molecule has 2 rings (SSSR count). The number of amides is 1. The van der Waals surface area contributed by atoms with Gasteiger partial charge in [0.25, 0.3) is 0 Å². The Bertz CT molecular complexity index is 630. The van der Waals surface area contributed by atoms with Crippen molar-refractivity contribution in [1.29, 1.82) is 0 Å². The summed E-state index contributed by atoms with van der Waals surface area (Å²) in [5.41, 5.74) is 2.14. The van der Waals surface area contributed by atoms with E-state index < -0.39 is 0 Å². The summed E-state index contributed by atoms with van der Waals surface area (Å²) in [7, 11) is 0. The summed E-state index contributed by atoms with van der Waals surface area (Å²) in [6, 6.07) is 1.91. The average Bonchev–Trinajstić information content (AvgIpc) is 3.05. The molecule has 0 unspecified atom stereocenters. The molecule has 0 radical (unpaired) electrons. The van der Waals surface area contributed by atoms with Crippen LogP contribution in [-0.4, -0.2) is 30.5 Å². The largest absolute Gasteiger partial charge is 0.346 e. The molecule has 2 heterocycles. The molecule has 0 saturated heterocycles. The molecule has 0 aromatic carbocycles. The molecule has 0 bridgehead atoms. The lowest BCUT2D eigenvalue weighted by Crippen LogP contribution is -2.28. The van der Waals surface area contributed by atoms with Crippen molar-refractivity contribution in [3.05, 3.63) is 29.6 Å². The van der Waals surface area contributed by atoms with E-state index in [1.165, 1.54) is 0 Å². The Labute approximate surface area is 130 Å². The van der Waals surface area contributed by atoms with E-state index in [1.54, 1.807) is 6.33 Å². The smallest absolute Gasteiger partial charge is 0.220 e. The first-order valence-corrected chi connectivity index (χ1v) is 7.69. The fraction of sp³-hybridized carbons (Fsp3) is 0.600. The minimum atomic E-state index is -0.136. The zero-order valence-electron chi connectivity index (χ0n) is 13.7. The molecule has 7 heteroatoms. The Morgan fingerprint density at radius 2 is 2.18 bits per heavy atom. The molecule has 1 amide bonds. The van der Waals surface area contributed by atoms with Crippen molar-refractivity contribution < 1.29 is 4.79 Å². The lowest BCUT2D eigenvalue weighted by Gasteiger charge is -2.14. The van der Waals surface area contributed by atoms with Gasteiger partial charge in [-0.05, 0) is 40.2 Å². The third-order valence-electron chi connectivity index (χ3n) is 3.63. The van der Waals surface area contributed by atoms with Crippen molar-refractivity contribution in [2.75, 3.05) is 0 Å². The predicted molar refractivity (Wildman–Crippen MR) is 83.2 cm³/mol. The fourth-order valence-electron chi connectivity index (χ4n) is 2.51. The third kappa shape index (κ3) is 3.93. The maximum atomic E-state index is 12.0. The molecular formula is C15H24N6O. The maximum absolute atomic E-state index is 12.0. The van der Waals surface area contributed by atoms with Crippen LogP contribution in [0, 0.1) is 13.8 Å². The Kier molecular flexibility index (Phi) is 5.30. The zero-order chi connectivity index (χ0) is 16.1. The van der Waals surface area contributed by atoms with Crippen LogP contribution in [0.1, 0.15) is 49.9 Å². The number of hydrogen-bond acceptors (Lipinski definition) is 4. The number of aromatic nitrogens is 5. The van der Waals surface area contributed by atoms with Gasteiger partial charge in [0.15, 0.2) is 5.82 Å². The van der Waals surface area contributed by atoms with Crippen LogP contribution in [0.3, 0.4) is 0 Å². The SMILES string of the molecule is CCn1cnnc1[C@H](C)NC(=O)CCCn1nc(C)cc1C. The molecule has 0 aliphatic rings. The van der Waals surface area contributed by atoms with Gasteiger partial charge in [-0.25, -0.2) is 0 Å². The summed E-state index contributed by atoms with van der Waals surface area (Å²) in [4.78, 5) is 12.0. The van der Waals surface area contributed by atoms with Crippen LogP contribution in [-0.2, 0) is 17.9 Å². The van der Waals surface area contributed by atoms with Crippen molar-refractivity contribution in [2.24, 2.45) is 0 Å². The first-order chi connectivity index (χ1) is 10.5. The van der Waals surface area contributed by atoms with Crippen LogP contribution >= 0.6 is 0 Å². The van der Waals surface area contributed by atoms with Gasteiger partial charge in [0, 0.05) is 25.2 Å². The fourth-order valence-corrected chi connectivity index (χ4v) is 2.51. The maximum Gasteiger partial charge on any atom is 0.220 e. The highest BCUT2D eigenvalue weighted by Gasteiger charge is 2.14. The number of carbonyl (C=O) groups excluding carboxylic acids is 1. The average molecular weight is 304 g/mol. The molecule has 1 atom stereocenters. The standard InChI is InChI=1S/C15H24N6O/c1-5-20-10-16-18-15(20)13(4)17-14(22)7-6-8-21-12(3)9-11(2)19-21/h9-10,13H,5-8H2,1-4H3,(H,17,22)/t13-/m0/s1. The Morgan fingerprint density at radius 1 is 1.41 bits per heavy atom. The van der Waals surface area contributed by atoms with E-state index in [9.17, 15) is 4.79 Å². The van der Waals surface area contributed by atoms with E-state index >= 15 is 0 Å². The molecule has 2 aromatic heterocycles. The quantitative estimate of drug-likeness (QED) is 0.845. The lowest BCUT2D eigenvalue weighted by molar-refractivity contribution is -0.121. The van der Waals surface area contributed by atoms with E-state index in [2.05, 4.69) is 20.6 Å². The van der Waals surface area contributed by atoms with Gasteiger partial charge in [0.1, 0.15) is 6.33 Å². The Morgan fingerprint density at radius 3 is 2.82 bits per heavy atom. The van der Waals surface area contributed by atoms with Crippen LogP contribution in [0.15, 0.2) is 12.4 Å². The van der Waals surface area contributed by atoms with Gasteiger partial charge in [-0.1, -0.05) is 0 Å². The van der Waals surface area contributed by atoms with Gasteiger partial charge >= 0.3 is 0 Å². The number of rotatable bonds is 7. The minimum absolute atomic E-state index is 0.0275. The Balaban J connectivity index is 1.79.